The highest BCUT2D eigenvalue weighted by Gasteiger charge is 2.24. The highest BCUT2D eigenvalue weighted by molar-refractivity contribution is 7.99. The molecule has 1 fully saturated rings. The van der Waals surface area contributed by atoms with Crippen molar-refractivity contribution in [2.75, 3.05) is 12.3 Å². The van der Waals surface area contributed by atoms with Crippen molar-refractivity contribution in [2.45, 2.75) is 70.0 Å². The van der Waals surface area contributed by atoms with Crippen molar-refractivity contribution in [1.82, 2.24) is 14.9 Å². The maximum atomic E-state index is 12.5. The fraction of sp³-hybridized carbons (Fsp3) is 0.706. The molecule has 1 aromatic rings. The average molecular weight is 337 g/mol. The first kappa shape index (κ1) is 18.0. The Kier molecular flexibility index (Phi) is 7.15. The third-order valence-corrected chi connectivity index (χ3v) is 5.15. The Labute approximate surface area is 142 Å². The van der Waals surface area contributed by atoms with Crippen LogP contribution in [0.15, 0.2) is 16.0 Å². The maximum absolute atomic E-state index is 12.5. The molecule has 128 valence electrons. The molecule has 2 rings (SSSR count). The van der Waals surface area contributed by atoms with Gasteiger partial charge in [0.2, 0.25) is 5.91 Å². The van der Waals surface area contributed by atoms with Gasteiger partial charge in [-0.3, -0.25) is 9.59 Å². The van der Waals surface area contributed by atoms with E-state index in [-0.39, 0.29) is 11.5 Å². The van der Waals surface area contributed by atoms with Crippen molar-refractivity contribution in [1.29, 1.82) is 0 Å². The van der Waals surface area contributed by atoms with Crippen LogP contribution in [0.4, 0.5) is 0 Å². The Bertz CT molecular complexity index is 567. The van der Waals surface area contributed by atoms with Crippen LogP contribution in [-0.4, -0.2) is 39.1 Å². The first-order valence-electron chi connectivity index (χ1n) is 8.66. The minimum atomic E-state index is -0.141. The molecule has 0 unspecified atom stereocenters. The fourth-order valence-electron chi connectivity index (χ4n) is 3.18. The molecule has 1 aromatic heterocycles. The van der Waals surface area contributed by atoms with Crippen LogP contribution in [0.25, 0.3) is 0 Å². The predicted molar refractivity (Wildman–Crippen MR) is 93.8 cm³/mol. The summed E-state index contributed by atoms with van der Waals surface area (Å²) in [6.45, 7) is 4.85. The molecule has 1 saturated carbocycles. The summed E-state index contributed by atoms with van der Waals surface area (Å²) < 4.78 is 0. The maximum Gasteiger partial charge on any atom is 0.251 e. The molecular weight excluding hydrogens is 310 g/mol. The normalized spacial score (nSPS) is 15.6. The van der Waals surface area contributed by atoms with Crippen LogP contribution in [0.1, 0.15) is 58.1 Å². The molecule has 0 aliphatic heterocycles. The Balaban J connectivity index is 1.95. The average Bonchev–Trinajstić information content (AvgIpc) is 2.54. The van der Waals surface area contributed by atoms with Gasteiger partial charge in [0.15, 0.2) is 5.16 Å². The molecule has 5 nitrogen and oxygen atoms in total. The summed E-state index contributed by atoms with van der Waals surface area (Å²) in [5.74, 6) is 0.482. The monoisotopic (exact) mass is 337 g/mol. The van der Waals surface area contributed by atoms with Crippen LogP contribution >= 0.6 is 11.8 Å². The number of nitrogens with one attached hydrogen (secondary N) is 1. The molecule has 6 heteroatoms. The summed E-state index contributed by atoms with van der Waals surface area (Å²) >= 11 is 1.33. The second-order valence-electron chi connectivity index (χ2n) is 6.05. The third kappa shape index (κ3) is 5.37. The van der Waals surface area contributed by atoms with Crippen molar-refractivity contribution in [3.05, 3.63) is 22.1 Å². The van der Waals surface area contributed by atoms with E-state index in [4.69, 9.17) is 0 Å². The molecule has 1 aliphatic rings. The van der Waals surface area contributed by atoms with E-state index in [9.17, 15) is 9.59 Å². The van der Waals surface area contributed by atoms with Gasteiger partial charge in [-0.15, -0.1) is 0 Å². The summed E-state index contributed by atoms with van der Waals surface area (Å²) in [6.07, 6.45) is 7.69. The van der Waals surface area contributed by atoms with Gasteiger partial charge >= 0.3 is 0 Å². The molecule has 1 heterocycles. The molecule has 0 spiro atoms. The zero-order valence-electron chi connectivity index (χ0n) is 14.1. The number of hydrogen-bond donors (Lipinski definition) is 1. The molecule has 0 radical (unpaired) electrons. The van der Waals surface area contributed by atoms with Crippen LogP contribution in [0.5, 0.6) is 0 Å². The molecule has 0 bridgehead atoms. The predicted octanol–water partition coefficient (Wildman–Crippen LogP) is 3.00. The Morgan fingerprint density at radius 2 is 2.09 bits per heavy atom. The molecule has 0 aromatic carbocycles. The van der Waals surface area contributed by atoms with Gasteiger partial charge < -0.3 is 9.88 Å². The lowest BCUT2D eigenvalue weighted by molar-refractivity contribution is -0.131. The van der Waals surface area contributed by atoms with E-state index in [0.29, 0.717) is 17.0 Å². The van der Waals surface area contributed by atoms with Gasteiger partial charge in [0.05, 0.1) is 5.75 Å². The van der Waals surface area contributed by atoms with Crippen molar-refractivity contribution in [3.63, 3.8) is 0 Å². The van der Waals surface area contributed by atoms with Crippen molar-refractivity contribution >= 4 is 17.7 Å². The minimum absolute atomic E-state index is 0.141. The largest absolute Gasteiger partial charge is 0.339 e. The lowest BCUT2D eigenvalue weighted by atomic mass is 9.94. The molecule has 23 heavy (non-hydrogen) atoms. The molecule has 0 atom stereocenters. The molecular formula is C17H27N3O2S. The van der Waals surface area contributed by atoms with Crippen LogP contribution in [-0.2, 0) is 11.2 Å². The number of hydrogen-bond acceptors (Lipinski definition) is 4. The first-order chi connectivity index (χ1) is 11.1. The number of amides is 1. The number of aromatic amines is 1. The van der Waals surface area contributed by atoms with Gasteiger partial charge in [0.25, 0.3) is 5.56 Å². The number of nitrogens with zero attached hydrogens (tertiary/aromatic N) is 2. The van der Waals surface area contributed by atoms with Crippen molar-refractivity contribution in [3.8, 4) is 0 Å². The van der Waals surface area contributed by atoms with E-state index in [1.165, 1.54) is 37.1 Å². The van der Waals surface area contributed by atoms with Crippen molar-refractivity contribution < 1.29 is 4.79 Å². The van der Waals surface area contributed by atoms with E-state index in [1.807, 2.05) is 11.8 Å². The first-order valence-corrected chi connectivity index (χ1v) is 9.65. The number of thioether (sulfide) groups is 1. The summed E-state index contributed by atoms with van der Waals surface area (Å²) in [6, 6.07) is 1.93. The number of aryl methyl sites for hydroxylation is 1. The highest BCUT2D eigenvalue weighted by Crippen LogP contribution is 2.23. The number of aromatic nitrogens is 2. The summed E-state index contributed by atoms with van der Waals surface area (Å²) in [4.78, 5) is 33.3. The lowest BCUT2D eigenvalue weighted by Crippen LogP contribution is -2.42. The number of H-pyrrole nitrogens is 1. The van der Waals surface area contributed by atoms with Crippen molar-refractivity contribution in [2.24, 2.45) is 0 Å². The van der Waals surface area contributed by atoms with Crippen LogP contribution in [0.3, 0.4) is 0 Å². The van der Waals surface area contributed by atoms with Gasteiger partial charge in [0.1, 0.15) is 0 Å². The van der Waals surface area contributed by atoms with Crippen LogP contribution in [0.2, 0.25) is 0 Å². The van der Waals surface area contributed by atoms with Crippen LogP contribution in [0, 0.1) is 0 Å². The van der Waals surface area contributed by atoms with Gasteiger partial charge in [-0.2, -0.15) is 0 Å². The van der Waals surface area contributed by atoms with Gasteiger partial charge in [-0.05, 0) is 26.2 Å². The lowest BCUT2D eigenvalue weighted by Gasteiger charge is -2.33. The van der Waals surface area contributed by atoms with Gasteiger partial charge in [-0.1, -0.05) is 44.4 Å². The summed E-state index contributed by atoms with van der Waals surface area (Å²) in [5, 5.41) is 0.550. The molecule has 1 amide bonds. The Morgan fingerprint density at radius 1 is 1.35 bits per heavy atom. The number of carbonyl (C=O) groups excluding carboxylic acids is 1. The zero-order valence-corrected chi connectivity index (χ0v) is 15.0. The quantitative estimate of drug-likeness (QED) is 0.613. The van der Waals surface area contributed by atoms with Gasteiger partial charge in [0, 0.05) is 24.3 Å². The SMILES string of the molecule is CCCc1cc(=O)[nH]c(SCC(=O)N(CC)C2CCCCC2)n1. The van der Waals surface area contributed by atoms with E-state index < -0.39 is 0 Å². The standard InChI is InChI=1S/C17H27N3O2S/c1-3-8-13-11-15(21)19-17(18-13)23-12-16(22)20(4-2)14-9-6-5-7-10-14/h11,14H,3-10,12H2,1-2H3,(H,18,19,21). The van der Waals surface area contributed by atoms with E-state index >= 15 is 0 Å². The van der Waals surface area contributed by atoms with E-state index in [0.717, 1.165) is 37.9 Å². The highest BCUT2D eigenvalue weighted by atomic mass is 32.2. The fourth-order valence-corrected chi connectivity index (χ4v) is 3.96. The van der Waals surface area contributed by atoms with Crippen LogP contribution < -0.4 is 5.56 Å². The van der Waals surface area contributed by atoms with Gasteiger partial charge in [-0.25, -0.2) is 4.98 Å². The number of carbonyl (C=O) groups is 1. The van der Waals surface area contributed by atoms with E-state index in [2.05, 4.69) is 16.9 Å². The summed E-state index contributed by atoms with van der Waals surface area (Å²) in [7, 11) is 0. The topological polar surface area (TPSA) is 66.1 Å². The van der Waals surface area contributed by atoms with E-state index in [1.54, 1.807) is 0 Å². The Hall–Kier alpha value is -1.30. The number of rotatable bonds is 7. The third-order valence-electron chi connectivity index (χ3n) is 4.29. The molecule has 1 N–H and O–H groups in total. The minimum Gasteiger partial charge on any atom is -0.339 e. The summed E-state index contributed by atoms with van der Waals surface area (Å²) in [5.41, 5.74) is 0.656. The molecule has 1 aliphatic carbocycles. The second kappa shape index (κ2) is 9.11. The zero-order chi connectivity index (χ0) is 16.7. The second-order valence-corrected chi connectivity index (χ2v) is 7.02. The smallest absolute Gasteiger partial charge is 0.251 e. The Morgan fingerprint density at radius 3 is 2.74 bits per heavy atom. The molecule has 0 saturated heterocycles.